The van der Waals surface area contributed by atoms with Crippen molar-refractivity contribution >= 4 is 5.97 Å². The molecule has 1 aliphatic rings. The van der Waals surface area contributed by atoms with Crippen molar-refractivity contribution in [1.29, 1.82) is 5.26 Å². The Morgan fingerprint density at radius 2 is 2.42 bits per heavy atom. The zero-order chi connectivity index (χ0) is 9.03. The monoisotopic (exact) mass is 169 g/mol. The van der Waals surface area contributed by atoms with Crippen LogP contribution in [0.1, 0.15) is 13.3 Å². The van der Waals surface area contributed by atoms with E-state index in [-0.39, 0.29) is 11.8 Å². The first-order valence-corrected chi connectivity index (χ1v) is 3.77. The average molecular weight is 169 g/mol. The lowest BCUT2D eigenvalue weighted by Gasteiger charge is -2.37. The number of nitrogens with zero attached hydrogens (tertiary/aromatic N) is 1. The van der Waals surface area contributed by atoms with Gasteiger partial charge in [-0.1, -0.05) is 6.92 Å². The summed E-state index contributed by atoms with van der Waals surface area (Å²) < 4.78 is 9.82. The predicted octanol–water partition coefficient (Wildman–Crippen LogP) is 0.480. The molecule has 0 aromatic heterocycles. The summed E-state index contributed by atoms with van der Waals surface area (Å²) in [5.74, 6) is -0.453. The molecule has 4 nitrogen and oxygen atoms in total. The molecule has 0 bridgehead atoms. The maximum atomic E-state index is 10.7. The highest BCUT2D eigenvalue weighted by Gasteiger charge is 2.34. The third-order valence-electron chi connectivity index (χ3n) is 1.71. The fourth-order valence-electron chi connectivity index (χ4n) is 0.904. The van der Waals surface area contributed by atoms with Crippen molar-refractivity contribution < 1.29 is 14.3 Å². The van der Waals surface area contributed by atoms with E-state index >= 15 is 0 Å². The molecule has 0 radical (unpaired) electrons. The van der Waals surface area contributed by atoms with Crippen LogP contribution < -0.4 is 0 Å². The summed E-state index contributed by atoms with van der Waals surface area (Å²) in [6.45, 7) is 3.60. The first kappa shape index (κ1) is 9.01. The van der Waals surface area contributed by atoms with E-state index in [0.29, 0.717) is 19.8 Å². The van der Waals surface area contributed by atoms with E-state index in [4.69, 9.17) is 14.7 Å². The summed E-state index contributed by atoms with van der Waals surface area (Å²) in [7, 11) is 0. The topological polar surface area (TPSA) is 59.3 Å². The lowest BCUT2D eigenvalue weighted by Crippen LogP contribution is -2.44. The van der Waals surface area contributed by atoms with Crippen molar-refractivity contribution in [2.75, 3.05) is 19.8 Å². The van der Waals surface area contributed by atoms with Gasteiger partial charge in [-0.2, -0.15) is 5.26 Å². The predicted molar refractivity (Wildman–Crippen MR) is 40.1 cm³/mol. The van der Waals surface area contributed by atoms with E-state index < -0.39 is 5.97 Å². The van der Waals surface area contributed by atoms with Crippen molar-refractivity contribution in [3.63, 3.8) is 0 Å². The molecule has 1 heterocycles. The number of carbonyl (C=O) groups excluding carboxylic acids is 1. The fraction of sp³-hybridized carbons (Fsp3) is 0.750. The van der Waals surface area contributed by atoms with E-state index in [1.165, 1.54) is 0 Å². The largest absolute Gasteiger partial charge is 0.464 e. The first-order chi connectivity index (χ1) is 5.66. The molecular formula is C8H11NO3. The van der Waals surface area contributed by atoms with E-state index in [1.807, 2.05) is 6.92 Å². The quantitative estimate of drug-likeness (QED) is 0.576. The van der Waals surface area contributed by atoms with Crippen LogP contribution in [0.15, 0.2) is 0 Å². The van der Waals surface area contributed by atoms with E-state index in [0.717, 1.165) is 0 Å². The van der Waals surface area contributed by atoms with Crippen molar-refractivity contribution in [2.24, 2.45) is 5.41 Å². The minimum absolute atomic E-state index is 0.0227. The van der Waals surface area contributed by atoms with Crippen LogP contribution in [0.3, 0.4) is 0 Å². The van der Waals surface area contributed by atoms with E-state index in [9.17, 15) is 4.79 Å². The van der Waals surface area contributed by atoms with Crippen LogP contribution in [0.2, 0.25) is 0 Å². The number of rotatable bonds is 3. The van der Waals surface area contributed by atoms with Gasteiger partial charge in [-0.05, 0) is 0 Å². The fourth-order valence-corrected chi connectivity index (χ4v) is 0.904. The first-order valence-electron chi connectivity index (χ1n) is 3.77. The molecule has 1 saturated heterocycles. The minimum Gasteiger partial charge on any atom is -0.464 e. The Balaban J connectivity index is 2.17. The molecule has 1 fully saturated rings. The van der Waals surface area contributed by atoms with Crippen LogP contribution in [0.25, 0.3) is 0 Å². The lowest BCUT2D eigenvalue weighted by molar-refractivity contribution is -0.164. The van der Waals surface area contributed by atoms with Crippen molar-refractivity contribution in [3.05, 3.63) is 0 Å². The minimum atomic E-state index is -0.453. The molecule has 0 atom stereocenters. The number of nitriles is 1. The Hall–Kier alpha value is -1.08. The van der Waals surface area contributed by atoms with Gasteiger partial charge in [-0.15, -0.1) is 0 Å². The van der Waals surface area contributed by atoms with Gasteiger partial charge >= 0.3 is 5.97 Å². The van der Waals surface area contributed by atoms with Crippen LogP contribution in [0.4, 0.5) is 0 Å². The van der Waals surface area contributed by atoms with Gasteiger partial charge in [0.15, 0.2) is 0 Å². The third-order valence-corrected chi connectivity index (χ3v) is 1.71. The highest BCUT2D eigenvalue weighted by Crippen LogP contribution is 2.26. The Morgan fingerprint density at radius 3 is 2.83 bits per heavy atom. The number of ether oxygens (including phenoxy) is 2. The number of hydrogen-bond acceptors (Lipinski definition) is 4. The normalized spacial score (nSPS) is 19.0. The Labute approximate surface area is 71.1 Å². The highest BCUT2D eigenvalue weighted by molar-refractivity contribution is 5.71. The highest BCUT2D eigenvalue weighted by atomic mass is 16.5. The smallest absolute Gasteiger partial charge is 0.320 e. The van der Waals surface area contributed by atoms with Crippen molar-refractivity contribution in [3.8, 4) is 6.07 Å². The molecule has 4 heteroatoms. The molecule has 0 amide bonds. The van der Waals surface area contributed by atoms with Gasteiger partial charge in [0, 0.05) is 5.41 Å². The average Bonchev–Trinajstić information content (AvgIpc) is 1.98. The summed E-state index contributed by atoms with van der Waals surface area (Å²) in [6, 6.07) is 1.73. The third kappa shape index (κ3) is 2.21. The molecule has 1 aliphatic heterocycles. The Morgan fingerprint density at radius 1 is 1.75 bits per heavy atom. The van der Waals surface area contributed by atoms with E-state index in [1.54, 1.807) is 6.07 Å². The summed E-state index contributed by atoms with van der Waals surface area (Å²) in [5, 5.41) is 8.16. The zero-order valence-electron chi connectivity index (χ0n) is 7.00. The molecule has 12 heavy (non-hydrogen) atoms. The number of esters is 1. The van der Waals surface area contributed by atoms with Crippen molar-refractivity contribution in [2.45, 2.75) is 13.3 Å². The van der Waals surface area contributed by atoms with Crippen LogP contribution in [-0.2, 0) is 14.3 Å². The summed E-state index contributed by atoms with van der Waals surface area (Å²) >= 11 is 0. The lowest BCUT2D eigenvalue weighted by atomic mass is 9.90. The second-order valence-corrected chi connectivity index (χ2v) is 3.30. The summed E-state index contributed by atoms with van der Waals surface area (Å²) in [4.78, 5) is 10.7. The van der Waals surface area contributed by atoms with Crippen LogP contribution in [0, 0.1) is 16.7 Å². The molecule has 1 rings (SSSR count). The van der Waals surface area contributed by atoms with Crippen LogP contribution in [-0.4, -0.2) is 25.8 Å². The second kappa shape index (κ2) is 3.55. The van der Waals surface area contributed by atoms with Gasteiger partial charge in [-0.3, -0.25) is 4.79 Å². The van der Waals surface area contributed by atoms with Crippen LogP contribution in [0.5, 0.6) is 0 Å². The summed E-state index contributed by atoms with van der Waals surface area (Å²) in [6.07, 6.45) is -0.170. The van der Waals surface area contributed by atoms with Crippen molar-refractivity contribution in [1.82, 2.24) is 0 Å². The zero-order valence-corrected chi connectivity index (χ0v) is 7.00. The molecule has 0 spiro atoms. The number of hydrogen-bond donors (Lipinski definition) is 0. The van der Waals surface area contributed by atoms with Gasteiger partial charge in [0.05, 0.1) is 19.3 Å². The second-order valence-electron chi connectivity index (χ2n) is 3.30. The molecule has 66 valence electrons. The molecule has 0 aromatic rings. The van der Waals surface area contributed by atoms with Gasteiger partial charge < -0.3 is 9.47 Å². The van der Waals surface area contributed by atoms with Gasteiger partial charge in [0.1, 0.15) is 13.0 Å². The molecular weight excluding hydrogens is 158 g/mol. The molecule has 0 N–H and O–H groups in total. The molecule has 0 saturated carbocycles. The number of carbonyl (C=O) groups is 1. The Bertz CT molecular complexity index is 215. The van der Waals surface area contributed by atoms with Crippen LogP contribution >= 0.6 is 0 Å². The maximum Gasteiger partial charge on any atom is 0.320 e. The molecule has 0 aliphatic carbocycles. The molecule has 0 aromatic carbocycles. The summed E-state index contributed by atoms with van der Waals surface area (Å²) in [5.41, 5.74) is -0.0227. The Kier molecular flexibility index (Phi) is 2.66. The van der Waals surface area contributed by atoms with Gasteiger partial charge in [-0.25, -0.2) is 0 Å². The molecule has 0 unspecified atom stereocenters. The SMILES string of the molecule is CC1(COC(=O)CC#N)COC1. The standard InChI is InChI=1S/C8H11NO3/c1-8(4-11-5-8)6-12-7(10)2-3-9/h2,4-6H2,1H3. The maximum absolute atomic E-state index is 10.7. The van der Waals surface area contributed by atoms with E-state index in [2.05, 4.69) is 0 Å². The van der Waals surface area contributed by atoms with Gasteiger partial charge in [0.2, 0.25) is 0 Å². The van der Waals surface area contributed by atoms with Gasteiger partial charge in [0.25, 0.3) is 0 Å².